The van der Waals surface area contributed by atoms with Gasteiger partial charge in [-0.1, -0.05) is 0 Å². The fraction of sp³-hybridized carbons (Fsp3) is 0.357. The van der Waals surface area contributed by atoms with E-state index in [-0.39, 0.29) is 22.1 Å². The SMILES string of the molecule is COc1ccc(OC)c(S(=O)(=O)Cc2cc(C(F)(F)F)n(C)n2)c1. The van der Waals surface area contributed by atoms with Crippen LogP contribution in [-0.2, 0) is 28.8 Å². The molecule has 0 radical (unpaired) electrons. The minimum atomic E-state index is -4.61. The summed E-state index contributed by atoms with van der Waals surface area (Å²) in [7, 11) is -0.221. The molecule has 2 rings (SSSR count). The Bertz CT molecular complexity index is 844. The number of alkyl halides is 3. The number of benzene rings is 1. The molecule has 0 spiro atoms. The van der Waals surface area contributed by atoms with Crippen LogP contribution in [0.15, 0.2) is 29.2 Å². The van der Waals surface area contributed by atoms with Gasteiger partial charge in [-0.15, -0.1) is 0 Å². The summed E-state index contributed by atoms with van der Waals surface area (Å²) >= 11 is 0. The van der Waals surface area contributed by atoms with Crippen LogP contribution in [0.3, 0.4) is 0 Å². The minimum absolute atomic E-state index is 0.0720. The van der Waals surface area contributed by atoms with Crippen molar-refractivity contribution in [1.82, 2.24) is 9.78 Å². The average Bonchev–Trinajstić information content (AvgIpc) is 2.86. The molecule has 0 aliphatic carbocycles. The highest BCUT2D eigenvalue weighted by molar-refractivity contribution is 7.90. The zero-order valence-electron chi connectivity index (χ0n) is 13.1. The van der Waals surface area contributed by atoms with E-state index in [4.69, 9.17) is 9.47 Å². The van der Waals surface area contributed by atoms with Gasteiger partial charge in [-0.05, 0) is 18.2 Å². The Morgan fingerprint density at radius 3 is 2.33 bits per heavy atom. The maximum atomic E-state index is 12.8. The topological polar surface area (TPSA) is 70.4 Å². The van der Waals surface area contributed by atoms with Crippen LogP contribution in [0.2, 0.25) is 0 Å². The number of nitrogens with zero attached hydrogens (tertiary/aromatic N) is 2. The fourth-order valence-electron chi connectivity index (χ4n) is 2.16. The summed E-state index contributed by atoms with van der Waals surface area (Å²) < 4.78 is 74.1. The zero-order valence-corrected chi connectivity index (χ0v) is 13.9. The van der Waals surface area contributed by atoms with Gasteiger partial charge in [0.25, 0.3) is 0 Å². The number of hydrogen-bond acceptors (Lipinski definition) is 5. The highest BCUT2D eigenvalue weighted by Crippen LogP contribution is 2.32. The van der Waals surface area contributed by atoms with E-state index >= 15 is 0 Å². The molecule has 0 saturated carbocycles. The van der Waals surface area contributed by atoms with Crippen LogP contribution < -0.4 is 9.47 Å². The Morgan fingerprint density at radius 2 is 1.83 bits per heavy atom. The van der Waals surface area contributed by atoms with Gasteiger partial charge in [0.05, 0.1) is 25.7 Å². The Morgan fingerprint density at radius 1 is 1.17 bits per heavy atom. The van der Waals surface area contributed by atoms with E-state index in [1.165, 1.54) is 32.4 Å². The number of hydrogen-bond donors (Lipinski definition) is 0. The normalized spacial score (nSPS) is 12.2. The lowest BCUT2D eigenvalue weighted by molar-refractivity contribution is -0.143. The molecular formula is C14H15F3N2O4S. The smallest absolute Gasteiger partial charge is 0.433 e. The Hall–Kier alpha value is -2.23. The molecule has 0 aliphatic heterocycles. The van der Waals surface area contributed by atoms with Crippen LogP contribution in [0.5, 0.6) is 11.5 Å². The second-order valence-corrected chi connectivity index (χ2v) is 6.88. The van der Waals surface area contributed by atoms with Crippen LogP contribution in [0.25, 0.3) is 0 Å². The largest absolute Gasteiger partial charge is 0.497 e. The summed E-state index contributed by atoms with van der Waals surface area (Å²) in [5, 5.41) is 3.63. The van der Waals surface area contributed by atoms with E-state index in [9.17, 15) is 21.6 Å². The molecule has 2 aromatic rings. The average molecular weight is 364 g/mol. The third-order valence-electron chi connectivity index (χ3n) is 3.26. The highest BCUT2D eigenvalue weighted by Gasteiger charge is 2.35. The molecule has 0 saturated heterocycles. The number of sulfone groups is 1. The molecule has 0 aliphatic rings. The maximum Gasteiger partial charge on any atom is 0.433 e. The van der Waals surface area contributed by atoms with E-state index in [0.29, 0.717) is 10.7 Å². The standard InChI is InChI=1S/C14H15F3N2O4S/c1-19-13(14(15,16)17)6-9(18-19)8-24(20,21)12-7-10(22-2)4-5-11(12)23-3/h4-7H,8H2,1-3H3. The first-order chi connectivity index (χ1) is 11.1. The number of methoxy groups -OCH3 is 2. The number of aromatic nitrogens is 2. The van der Waals surface area contributed by atoms with Gasteiger partial charge in [0.2, 0.25) is 0 Å². The van der Waals surface area contributed by atoms with Gasteiger partial charge in [-0.3, -0.25) is 4.68 Å². The first kappa shape index (κ1) is 18.1. The maximum absolute atomic E-state index is 12.8. The van der Waals surface area contributed by atoms with Gasteiger partial charge in [0.1, 0.15) is 22.1 Å². The molecule has 0 unspecified atom stereocenters. The Kier molecular flexibility index (Phi) is 4.79. The quantitative estimate of drug-likeness (QED) is 0.815. The van der Waals surface area contributed by atoms with Crippen molar-refractivity contribution < 1.29 is 31.1 Å². The summed E-state index contributed by atoms with van der Waals surface area (Å²) in [6, 6.07) is 4.89. The molecular weight excluding hydrogens is 349 g/mol. The number of halogens is 3. The van der Waals surface area contributed by atoms with Crippen molar-refractivity contribution in [2.75, 3.05) is 14.2 Å². The summed E-state index contributed by atoms with van der Waals surface area (Å²) in [4.78, 5) is -0.177. The van der Waals surface area contributed by atoms with Gasteiger partial charge < -0.3 is 9.47 Å². The molecule has 0 N–H and O–H groups in total. The number of rotatable bonds is 5. The monoisotopic (exact) mass is 364 g/mol. The summed E-state index contributed by atoms with van der Waals surface area (Å²) in [5.74, 6) is -0.338. The van der Waals surface area contributed by atoms with Crippen molar-refractivity contribution in [3.8, 4) is 11.5 Å². The molecule has 1 heterocycles. The van der Waals surface area contributed by atoms with Gasteiger partial charge in [-0.2, -0.15) is 18.3 Å². The summed E-state index contributed by atoms with van der Waals surface area (Å²) in [6.45, 7) is 0. The third-order valence-corrected chi connectivity index (χ3v) is 4.93. The van der Waals surface area contributed by atoms with Gasteiger partial charge >= 0.3 is 6.18 Å². The van der Waals surface area contributed by atoms with Crippen molar-refractivity contribution in [2.24, 2.45) is 7.05 Å². The number of ether oxygens (including phenoxy) is 2. The predicted molar refractivity (Wildman–Crippen MR) is 78.6 cm³/mol. The lowest BCUT2D eigenvalue weighted by Crippen LogP contribution is -2.11. The molecule has 24 heavy (non-hydrogen) atoms. The summed E-state index contributed by atoms with van der Waals surface area (Å²) in [5.41, 5.74) is -1.24. The van der Waals surface area contributed by atoms with Crippen molar-refractivity contribution >= 4 is 9.84 Å². The van der Waals surface area contributed by atoms with E-state index in [0.717, 1.165) is 7.05 Å². The van der Waals surface area contributed by atoms with E-state index in [1.807, 2.05) is 0 Å². The second-order valence-electron chi connectivity index (χ2n) is 4.92. The molecule has 0 atom stereocenters. The molecule has 1 aromatic heterocycles. The molecule has 132 valence electrons. The van der Waals surface area contributed by atoms with Crippen molar-refractivity contribution in [3.05, 3.63) is 35.7 Å². The van der Waals surface area contributed by atoms with Crippen LogP contribution in [0, 0.1) is 0 Å². The fourth-order valence-corrected chi connectivity index (χ4v) is 3.60. The highest BCUT2D eigenvalue weighted by atomic mass is 32.2. The number of aryl methyl sites for hydroxylation is 1. The summed E-state index contributed by atoms with van der Waals surface area (Å²) in [6.07, 6.45) is -4.61. The first-order valence-electron chi connectivity index (χ1n) is 6.63. The molecule has 0 bridgehead atoms. The minimum Gasteiger partial charge on any atom is -0.497 e. The first-order valence-corrected chi connectivity index (χ1v) is 8.28. The Balaban J connectivity index is 2.43. The lowest BCUT2D eigenvalue weighted by Gasteiger charge is -2.10. The van der Waals surface area contributed by atoms with Crippen molar-refractivity contribution in [3.63, 3.8) is 0 Å². The zero-order chi connectivity index (χ0) is 18.1. The molecule has 10 heteroatoms. The molecule has 6 nitrogen and oxygen atoms in total. The third kappa shape index (κ3) is 3.64. The predicted octanol–water partition coefficient (Wildman–Crippen LogP) is 2.43. The van der Waals surface area contributed by atoms with Gasteiger partial charge in [0, 0.05) is 13.1 Å². The van der Waals surface area contributed by atoms with Crippen molar-refractivity contribution in [1.29, 1.82) is 0 Å². The van der Waals surface area contributed by atoms with Gasteiger partial charge in [0.15, 0.2) is 9.84 Å². The Labute approximate surface area is 136 Å². The van der Waals surface area contributed by atoms with Gasteiger partial charge in [-0.25, -0.2) is 8.42 Å². The van der Waals surface area contributed by atoms with Crippen molar-refractivity contribution in [2.45, 2.75) is 16.8 Å². The lowest BCUT2D eigenvalue weighted by atomic mass is 10.3. The molecule has 0 fully saturated rings. The van der Waals surface area contributed by atoms with Crippen LogP contribution in [-0.4, -0.2) is 32.4 Å². The van der Waals surface area contributed by atoms with E-state index in [2.05, 4.69) is 5.10 Å². The van der Waals surface area contributed by atoms with Crippen LogP contribution in [0.4, 0.5) is 13.2 Å². The van der Waals surface area contributed by atoms with Crippen LogP contribution >= 0.6 is 0 Å². The second kappa shape index (κ2) is 6.34. The van der Waals surface area contributed by atoms with E-state index in [1.54, 1.807) is 0 Å². The van der Waals surface area contributed by atoms with Crippen LogP contribution in [0.1, 0.15) is 11.4 Å². The van der Waals surface area contributed by atoms with E-state index < -0.39 is 27.5 Å². The molecule has 0 amide bonds. The molecule has 1 aromatic carbocycles.